The summed E-state index contributed by atoms with van der Waals surface area (Å²) in [4.78, 5) is 0. The molecule has 2 aromatic carbocycles. The maximum atomic E-state index is 6.14. The van der Waals surface area contributed by atoms with Gasteiger partial charge in [-0.3, -0.25) is 0 Å². The molecule has 0 amide bonds. The highest BCUT2D eigenvalue weighted by molar-refractivity contribution is 7.98. The topological polar surface area (TPSA) is 33.3 Å². The van der Waals surface area contributed by atoms with Crippen molar-refractivity contribution in [3.05, 3.63) is 59.1 Å². The first kappa shape index (κ1) is 18.9. The molecule has 24 heavy (non-hydrogen) atoms. The molecular formula is C18H21ClN2OS2. The number of hydrogen-bond donors (Lipinski definition) is 2. The van der Waals surface area contributed by atoms with Crippen molar-refractivity contribution in [3.63, 3.8) is 0 Å². The van der Waals surface area contributed by atoms with Gasteiger partial charge in [0.2, 0.25) is 0 Å². The number of halogens is 1. The van der Waals surface area contributed by atoms with Gasteiger partial charge in [0.15, 0.2) is 5.11 Å². The van der Waals surface area contributed by atoms with Crippen LogP contribution < -0.4 is 15.4 Å². The van der Waals surface area contributed by atoms with Gasteiger partial charge < -0.3 is 15.4 Å². The van der Waals surface area contributed by atoms with Crippen molar-refractivity contribution in [1.82, 2.24) is 5.32 Å². The largest absolute Gasteiger partial charge is 0.497 e. The van der Waals surface area contributed by atoms with E-state index in [0.29, 0.717) is 5.11 Å². The van der Waals surface area contributed by atoms with Crippen molar-refractivity contribution in [2.75, 3.05) is 24.7 Å². The molecule has 2 aromatic rings. The maximum absolute atomic E-state index is 6.14. The number of hydrogen-bond acceptors (Lipinski definition) is 3. The molecule has 0 atom stereocenters. The van der Waals surface area contributed by atoms with Crippen molar-refractivity contribution in [2.24, 2.45) is 0 Å². The zero-order valence-electron chi connectivity index (χ0n) is 13.5. The van der Waals surface area contributed by atoms with Crippen LogP contribution in [0.15, 0.2) is 48.5 Å². The lowest BCUT2D eigenvalue weighted by molar-refractivity contribution is 0.415. The Kier molecular flexibility index (Phi) is 8.22. The minimum absolute atomic E-state index is 0.635. The van der Waals surface area contributed by atoms with Gasteiger partial charge in [0.25, 0.3) is 0 Å². The van der Waals surface area contributed by atoms with E-state index in [4.69, 9.17) is 28.6 Å². The third-order valence-electron chi connectivity index (χ3n) is 3.31. The summed E-state index contributed by atoms with van der Waals surface area (Å²) in [6, 6.07) is 15.7. The predicted octanol–water partition coefficient (Wildman–Crippen LogP) is 4.96. The van der Waals surface area contributed by atoms with Crippen molar-refractivity contribution in [1.29, 1.82) is 0 Å². The van der Waals surface area contributed by atoms with E-state index < -0.39 is 0 Å². The van der Waals surface area contributed by atoms with Crippen LogP contribution in [-0.4, -0.2) is 24.5 Å². The Bertz CT molecular complexity index is 650. The molecule has 0 spiro atoms. The van der Waals surface area contributed by atoms with Gasteiger partial charge in [-0.2, -0.15) is 11.8 Å². The van der Waals surface area contributed by atoms with E-state index in [2.05, 4.69) is 16.7 Å². The molecule has 3 nitrogen and oxygen atoms in total. The standard InChI is InChI=1S/C18H21ClN2OS2/c1-22-16-9-7-15(8-10-16)21-18(23)20-11-4-12-24-13-14-5-2-3-6-17(14)19/h2-3,5-10H,4,11-13H2,1H3,(H2,20,21,23). The molecule has 6 heteroatoms. The molecule has 2 N–H and O–H groups in total. The van der Waals surface area contributed by atoms with Crippen LogP contribution in [0.3, 0.4) is 0 Å². The molecule has 0 fully saturated rings. The number of benzene rings is 2. The van der Waals surface area contributed by atoms with E-state index >= 15 is 0 Å². The van der Waals surface area contributed by atoms with Gasteiger partial charge >= 0.3 is 0 Å². The zero-order valence-corrected chi connectivity index (χ0v) is 15.9. The molecule has 0 saturated heterocycles. The molecule has 0 aromatic heterocycles. The molecule has 0 aliphatic heterocycles. The van der Waals surface area contributed by atoms with Gasteiger partial charge in [0.1, 0.15) is 5.75 Å². The van der Waals surface area contributed by atoms with Crippen LogP contribution in [0.4, 0.5) is 5.69 Å². The monoisotopic (exact) mass is 380 g/mol. The van der Waals surface area contributed by atoms with Crippen LogP contribution in [0.5, 0.6) is 5.75 Å². The lowest BCUT2D eigenvalue weighted by atomic mass is 10.2. The van der Waals surface area contributed by atoms with Crippen LogP contribution in [0.25, 0.3) is 0 Å². The Morgan fingerprint density at radius 2 is 1.92 bits per heavy atom. The average Bonchev–Trinajstić information content (AvgIpc) is 2.60. The third kappa shape index (κ3) is 6.59. The molecule has 0 unspecified atom stereocenters. The first-order chi connectivity index (χ1) is 11.7. The highest BCUT2D eigenvalue weighted by Gasteiger charge is 2.00. The first-order valence-corrected chi connectivity index (χ1v) is 9.63. The quantitative estimate of drug-likeness (QED) is 0.499. The SMILES string of the molecule is COc1ccc(NC(=S)NCCCSCc2ccccc2Cl)cc1. The van der Waals surface area contributed by atoms with Crippen molar-refractivity contribution in [2.45, 2.75) is 12.2 Å². The van der Waals surface area contributed by atoms with Gasteiger partial charge in [0, 0.05) is 23.0 Å². The third-order valence-corrected chi connectivity index (χ3v) is 5.02. The number of thiocarbonyl (C=S) groups is 1. The molecule has 0 bridgehead atoms. The number of thioether (sulfide) groups is 1. The maximum Gasteiger partial charge on any atom is 0.170 e. The Morgan fingerprint density at radius 3 is 2.62 bits per heavy atom. The lowest BCUT2D eigenvalue weighted by Crippen LogP contribution is -2.29. The van der Waals surface area contributed by atoms with Gasteiger partial charge in [-0.1, -0.05) is 29.8 Å². The van der Waals surface area contributed by atoms with Gasteiger partial charge in [-0.25, -0.2) is 0 Å². The molecule has 128 valence electrons. The van der Waals surface area contributed by atoms with Gasteiger partial charge in [-0.05, 0) is 60.3 Å². The summed E-state index contributed by atoms with van der Waals surface area (Å²) in [7, 11) is 1.65. The highest BCUT2D eigenvalue weighted by atomic mass is 35.5. The molecular weight excluding hydrogens is 360 g/mol. The number of rotatable bonds is 8. The second kappa shape index (κ2) is 10.4. The van der Waals surface area contributed by atoms with Crippen molar-refractivity contribution < 1.29 is 4.74 Å². The van der Waals surface area contributed by atoms with Crippen LogP contribution in [0.1, 0.15) is 12.0 Å². The van der Waals surface area contributed by atoms with Crippen LogP contribution >= 0.6 is 35.6 Å². The molecule has 0 heterocycles. The fourth-order valence-corrected chi connectivity index (χ4v) is 3.49. The van der Waals surface area contributed by atoms with E-state index in [1.165, 1.54) is 5.56 Å². The molecule has 0 radical (unpaired) electrons. The first-order valence-electron chi connectivity index (χ1n) is 7.69. The summed E-state index contributed by atoms with van der Waals surface area (Å²) < 4.78 is 5.13. The summed E-state index contributed by atoms with van der Waals surface area (Å²) in [5.41, 5.74) is 2.13. The van der Waals surface area contributed by atoms with Crippen molar-refractivity contribution in [3.8, 4) is 5.75 Å². The summed E-state index contributed by atoms with van der Waals surface area (Å²) in [6.07, 6.45) is 1.04. The van der Waals surface area contributed by atoms with E-state index in [0.717, 1.165) is 40.9 Å². The predicted molar refractivity (Wildman–Crippen MR) is 109 cm³/mol. The van der Waals surface area contributed by atoms with E-state index in [1.807, 2.05) is 54.2 Å². The number of nitrogens with one attached hydrogen (secondary N) is 2. The van der Waals surface area contributed by atoms with Crippen molar-refractivity contribution >= 4 is 46.4 Å². The Balaban J connectivity index is 1.58. The number of ether oxygens (including phenoxy) is 1. The van der Waals surface area contributed by atoms with Crippen LogP contribution in [0, 0.1) is 0 Å². The smallest absolute Gasteiger partial charge is 0.170 e. The molecule has 0 saturated carbocycles. The normalized spacial score (nSPS) is 10.2. The average molecular weight is 381 g/mol. The van der Waals surface area contributed by atoms with Crippen LogP contribution in [-0.2, 0) is 5.75 Å². The summed E-state index contributed by atoms with van der Waals surface area (Å²) >= 11 is 13.3. The van der Waals surface area contributed by atoms with Gasteiger partial charge in [-0.15, -0.1) is 0 Å². The Labute approximate surface area is 158 Å². The summed E-state index contributed by atoms with van der Waals surface area (Å²) in [6.45, 7) is 0.845. The fraction of sp³-hybridized carbons (Fsp3) is 0.278. The number of methoxy groups -OCH3 is 1. The lowest BCUT2D eigenvalue weighted by Gasteiger charge is -2.11. The summed E-state index contributed by atoms with van der Waals surface area (Å²) in [5.74, 6) is 2.83. The Morgan fingerprint density at radius 1 is 1.17 bits per heavy atom. The number of anilines is 1. The minimum atomic E-state index is 0.635. The second-order valence-corrected chi connectivity index (χ2v) is 7.03. The van der Waals surface area contributed by atoms with Crippen LogP contribution in [0.2, 0.25) is 5.02 Å². The fourth-order valence-electron chi connectivity index (χ4n) is 2.02. The summed E-state index contributed by atoms with van der Waals surface area (Å²) in [5, 5.41) is 7.85. The molecule has 0 aliphatic rings. The van der Waals surface area contributed by atoms with E-state index in [1.54, 1.807) is 7.11 Å². The van der Waals surface area contributed by atoms with E-state index in [-0.39, 0.29) is 0 Å². The minimum Gasteiger partial charge on any atom is -0.497 e. The Hall–Kier alpha value is -1.43. The zero-order chi connectivity index (χ0) is 17.2. The van der Waals surface area contributed by atoms with E-state index in [9.17, 15) is 0 Å². The molecule has 2 rings (SSSR count). The second-order valence-electron chi connectivity index (χ2n) is 5.11. The highest BCUT2D eigenvalue weighted by Crippen LogP contribution is 2.21. The molecule has 0 aliphatic carbocycles. The van der Waals surface area contributed by atoms with Gasteiger partial charge in [0.05, 0.1) is 7.11 Å².